The van der Waals surface area contributed by atoms with Crippen LogP contribution in [0.15, 0.2) is 0 Å². The minimum absolute atomic E-state index is 0.181. The van der Waals surface area contributed by atoms with Gasteiger partial charge in [0.2, 0.25) is 0 Å². The van der Waals surface area contributed by atoms with E-state index in [1.54, 1.807) is 0 Å². The van der Waals surface area contributed by atoms with Crippen LogP contribution >= 0.6 is 0 Å². The Kier molecular flexibility index (Phi) is 1.82. The smallest absolute Gasteiger partial charge is 0.145 e. The summed E-state index contributed by atoms with van der Waals surface area (Å²) in [4.78, 5) is 11.4. The summed E-state index contributed by atoms with van der Waals surface area (Å²) in [6, 6.07) is 0. The predicted octanol–water partition coefficient (Wildman–Crippen LogP) is 1.25. The fraction of sp³-hybridized carbons (Fsp3) is 0.875. The summed E-state index contributed by atoms with van der Waals surface area (Å²) >= 11 is 0. The molecule has 10 heavy (non-hydrogen) atoms. The average molecular weight is 142 g/mol. The number of rotatable bonds is 1. The third-order valence-corrected chi connectivity index (χ3v) is 1.75. The molecule has 0 radical (unpaired) electrons. The van der Waals surface area contributed by atoms with Crippen LogP contribution in [0.1, 0.15) is 20.8 Å². The van der Waals surface area contributed by atoms with Gasteiger partial charge in [-0.2, -0.15) is 0 Å². The summed E-state index contributed by atoms with van der Waals surface area (Å²) in [6.07, 6.45) is 0. The Balaban J connectivity index is 2.48. The molecule has 2 heteroatoms. The molecule has 0 bridgehead atoms. The second-order valence-corrected chi connectivity index (χ2v) is 3.85. The Hall–Kier alpha value is -0.370. The Bertz CT molecular complexity index is 140. The van der Waals surface area contributed by atoms with Gasteiger partial charge in [-0.1, -0.05) is 20.8 Å². The van der Waals surface area contributed by atoms with E-state index < -0.39 is 0 Å². The lowest BCUT2D eigenvalue weighted by molar-refractivity contribution is -0.144. The van der Waals surface area contributed by atoms with E-state index in [2.05, 4.69) is 0 Å². The van der Waals surface area contributed by atoms with E-state index in [0.29, 0.717) is 19.0 Å². The van der Waals surface area contributed by atoms with Gasteiger partial charge >= 0.3 is 0 Å². The highest BCUT2D eigenvalue weighted by atomic mass is 16.5. The van der Waals surface area contributed by atoms with E-state index >= 15 is 0 Å². The summed E-state index contributed by atoms with van der Waals surface area (Å²) < 4.78 is 4.93. The van der Waals surface area contributed by atoms with Crippen molar-refractivity contribution in [3.63, 3.8) is 0 Å². The van der Waals surface area contributed by atoms with Crippen molar-refractivity contribution in [3.8, 4) is 0 Å². The first kappa shape index (κ1) is 7.73. The molecule has 0 saturated carbocycles. The minimum Gasteiger partial charge on any atom is -0.380 e. The van der Waals surface area contributed by atoms with Crippen molar-refractivity contribution >= 4 is 5.78 Å². The molecular formula is C8H14O2. The molecule has 58 valence electrons. The van der Waals surface area contributed by atoms with E-state index in [1.807, 2.05) is 20.8 Å². The van der Waals surface area contributed by atoms with E-state index in [0.717, 1.165) is 0 Å². The quantitative estimate of drug-likeness (QED) is 0.550. The molecule has 0 spiro atoms. The first-order valence-electron chi connectivity index (χ1n) is 3.64. The van der Waals surface area contributed by atoms with Crippen molar-refractivity contribution < 1.29 is 9.53 Å². The van der Waals surface area contributed by atoms with Gasteiger partial charge in [-0.25, -0.2) is 0 Å². The van der Waals surface area contributed by atoms with Gasteiger partial charge in [-0.3, -0.25) is 4.79 Å². The van der Waals surface area contributed by atoms with Crippen LogP contribution in [-0.4, -0.2) is 19.0 Å². The van der Waals surface area contributed by atoms with E-state index in [4.69, 9.17) is 4.74 Å². The van der Waals surface area contributed by atoms with Crippen LogP contribution in [0.2, 0.25) is 0 Å². The Morgan fingerprint density at radius 3 is 2.00 bits per heavy atom. The lowest BCUT2D eigenvalue weighted by Gasteiger charge is -2.30. The van der Waals surface area contributed by atoms with E-state index in [-0.39, 0.29) is 11.3 Å². The molecule has 2 nitrogen and oxygen atoms in total. The van der Waals surface area contributed by atoms with Gasteiger partial charge in [0.05, 0.1) is 19.1 Å². The molecule has 0 unspecified atom stereocenters. The SMILES string of the molecule is CC(C)(C)C(=O)C1COC1. The molecule has 0 atom stereocenters. The molecule has 0 aromatic heterocycles. The topological polar surface area (TPSA) is 26.3 Å². The number of ether oxygens (including phenoxy) is 1. The lowest BCUT2D eigenvalue weighted by atomic mass is 9.82. The zero-order chi connectivity index (χ0) is 7.78. The van der Waals surface area contributed by atoms with Crippen LogP contribution in [0.5, 0.6) is 0 Å². The number of ketones is 1. The normalized spacial score (nSPS) is 20.3. The van der Waals surface area contributed by atoms with Crippen LogP contribution in [0, 0.1) is 11.3 Å². The largest absolute Gasteiger partial charge is 0.380 e. The fourth-order valence-electron chi connectivity index (χ4n) is 0.999. The Morgan fingerprint density at radius 1 is 1.40 bits per heavy atom. The predicted molar refractivity (Wildman–Crippen MR) is 38.8 cm³/mol. The minimum atomic E-state index is -0.186. The molecule has 0 amide bonds. The van der Waals surface area contributed by atoms with Gasteiger partial charge in [0.1, 0.15) is 5.78 Å². The highest BCUT2D eigenvalue weighted by molar-refractivity contribution is 5.86. The second kappa shape index (κ2) is 2.35. The standard InChI is InChI=1S/C8H14O2/c1-8(2,3)7(9)6-4-10-5-6/h6H,4-5H2,1-3H3. The van der Waals surface area contributed by atoms with Crippen molar-refractivity contribution in [2.45, 2.75) is 20.8 Å². The maximum absolute atomic E-state index is 11.4. The summed E-state index contributed by atoms with van der Waals surface area (Å²) in [5.41, 5.74) is -0.186. The molecule has 1 fully saturated rings. The number of carbonyl (C=O) groups excluding carboxylic acids is 1. The zero-order valence-corrected chi connectivity index (χ0v) is 6.81. The molecule has 0 aromatic carbocycles. The molecule has 1 aliphatic rings. The average Bonchev–Trinajstić information content (AvgIpc) is 1.57. The summed E-state index contributed by atoms with van der Waals surface area (Å²) in [5, 5.41) is 0. The van der Waals surface area contributed by atoms with Crippen LogP contribution in [0.4, 0.5) is 0 Å². The second-order valence-electron chi connectivity index (χ2n) is 3.85. The van der Waals surface area contributed by atoms with E-state index in [1.165, 1.54) is 0 Å². The van der Waals surface area contributed by atoms with Crippen molar-refractivity contribution in [2.24, 2.45) is 11.3 Å². The van der Waals surface area contributed by atoms with Gasteiger partial charge in [-0.15, -0.1) is 0 Å². The van der Waals surface area contributed by atoms with Crippen molar-refractivity contribution in [3.05, 3.63) is 0 Å². The third kappa shape index (κ3) is 1.37. The fourth-order valence-corrected chi connectivity index (χ4v) is 0.999. The highest BCUT2D eigenvalue weighted by Crippen LogP contribution is 2.24. The molecule has 1 aliphatic heterocycles. The van der Waals surface area contributed by atoms with Gasteiger partial charge < -0.3 is 4.74 Å². The lowest BCUT2D eigenvalue weighted by Crippen LogP contribution is -2.40. The first-order valence-corrected chi connectivity index (χ1v) is 3.64. The van der Waals surface area contributed by atoms with Gasteiger partial charge in [0.15, 0.2) is 0 Å². The van der Waals surface area contributed by atoms with Crippen molar-refractivity contribution in [1.29, 1.82) is 0 Å². The highest BCUT2D eigenvalue weighted by Gasteiger charge is 2.33. The monoisotopic (exact) mass is 142 g/mol. The maximum Gasteiger partial charge on any atom is 0.145 e. The maximum atomic E-state index is 11.4. The summed E-state index contributed by atoms with van der Waals surface area (Å²) in [7, 11) is 0. The number of hydrogen-bond donors (Lipinski definition) is 0. The Morgan fingerprint density at radius 2 is 1.90 bits per heavy atom. The molecule has 1 saturated heterocycles. The number of Topliss-reactive ketones (excluding diaryl/α,β-unsaturated/α-hetero) is 1. The van der Waals surface area contributed by atoms with Gasteiger partial charge in [0.25, 0.3) is 0 Å². The molecule has 0 aliphatic carbocycles. The van der Waals surface area contributed by atoms with Gasteiger partial charge in [0, 0.05) is 5.41 Å². The number of carbonyl (C=O) groups is 1. The summed E-state index contributed by atoms with van der Waals surface area (Å²) in [6.45, 7) is 7.13. The van der Waals surface area contributed by atoms with Crippen LogP contribution in [-0.2, 0) is 9.53 Å². The molecule has 1 rings (SSSR count). The summed E-state index contributed by atoms with van der Waals surface area (Å²) in [5.74, 6) is 0.513. The molecule has 1 heterocycles. The molecule has 0 N–H and O–H groups in total. The van der Waals surface area contributed by atoms with Gasteiger partial charge in [-0.05, 0) is 0 Å². The van der Waals surface area contributed by atoms with Crippen LogP contribution < -0.4 is 0 Å². The number of hydrogen-bond acceptors (Lipinski definition) is 2. The molecule has 0 aromatic rings. The van der Waals surface area contributed by atoms with Crippen molar-refractivity contribution in [2.75, 3.05) is 13.2 Å². The molecular weight excluding hydrogens is 128 g/mol. The Labute approximate surface area is 61.6 Å². The van der Waals surface area contributed by atoms with Crippen LogP contribution in [0.3, 0.4) is 0 Å². The third-order valence-electron chi connectivity index (χ3n) is 1.75. The zero-order valence-electron chi connectivity index (χ0n) is 6.81. The van der Waals surface area contributed by atoms with E-state index in [9.17, 15) is 4.79 Å². The van der Waals surface area contributed by atoms with Crippen molar-refractivity contribution in [1.82, 2.24) is 0 Å². The van der Waals surface area contributed by atoms with Crippen LogP contribution in [0.25, 0.3) is 0 Å². The first-order chi connectivity index (χ1) is 4.52.